The summed E-state index contributed by atoms with van der Waals surface area (Å²) in [6.45, 7) is 3.74. The summed E-state index contributed by atoms with van der Waals surface area (Å²) in [4.78, 5) is 44.0. The highest BCUT2D eigenvalue weighted by Crippen LogP contribution is 2.30. The van der Waals surface area contributed by atoms with E-state index >= 15 is 0 Å². The minimum atomic E-state index is -4.86. The van der Waals surface area contributed by atoms with Crippen LogP contribution >= 0.6 is 0 Å². The molecule has 1 unspecified atom stereocenters. The fraction of sp³-hybridized carbons (Fsp3) is 0.364. The molecule has 34 heavy (non-hydrogen) atoms. The van der Waals surface area contributed by atoms with Gasteiger partial charge in [0, 0.05) is 6.20 Å². The van der Waals surface area contributed by atoms with Gasteiger partial charge in [0.1, 0.15) is 11.8 Å². The maximum absolute atomic E-state index is 13.0. The maximum Gasteiger partial charge on any atom is 0.573 e. The van der Waals surface area contributed by atoms with E-state index in [9.17, 15) is 27.6 Å². The average molecular weight is 480 g/mol. The van der Waals surface area contributed by atoms with Gasteiger partial charge in [0.15, 0.2) is 0 Å². The van der Waals surface area contributed by atoms with Crippen LogP contribution < -0.4 is 15.0 Å². The molecule has 1 fully saturated rings. The van der Waals surface area contributed by atoms with Gasteiger partial charge in [0.2, 0.25) is 0 Å². The lowest BCUT2D eigenvalue weighted by atomic mass is 10.2. The van der Waals surface area contributed by atoms with Crippen molar-refractivity contribution in [3.05, 3.63) is 48.3 Å². The summed E-state index contributed by atoms with van der Waals surface area (Å²) in [5.41, 5.74) is 0.946. The summed E-state index contributed by atoms with van der Waals surface area (Å²) in [7, 11) is 0. The fourth-order valence-electron chi connectivity index (χ4n) is 3.26. The van der Waals surface area contributed by atoms with Gasteiger partial charge >= 0.3 is 18.5 Å². The molecule has 1 N–H and O–H groups in total. The SMILES string of the molecule is CCCCOC(=O)Nc1cnccc1CN1C(=O)N(c2ccc(OC(F)(F)F)cc2)C(=O)C1C. The maximum atomic E-state index is 13.0. The standard InChI is InChI=1S/C22H23F3N4O5/c1-3-4-11-33-20(31)27-18-12-26-10-9-15(18)13-28-14(2)19(30)29(21(28)32)16-5-7-17(8-6-16)34-22(23,24)25/h5-10,12,14H,3-4,11,13H2,1-2H3,(H,27,31). The summed E-state index contributed by atoms with van der Waals surface area (Å²) in [5.74, 6) is -1.02. The lowest BCUT2D eigenvalue weighted by Crippen LogP contribution is -2.33. The smallest absolute Gasteiger partial charge is 0.449 e. The number of rotatable bonds is 8. The fourth-order valence-corrected chi connectivity index (χ4v) is 3.26. The zero-order chi connectivity index (χ0) is 24.9. The Morgan fingerprint density at radius 3 is 2.53 bits per heavy atom. The van der Waals surface area contributed by atoms with Crippen molar-refractivity contribution in [2.45, 2.75) is 45.6 Å². The number of carbonyl (C=O) groups excluding carboxylic acids is 3. The Morgan fingerprint density at radius 1 is 1.18 bits per heavy atom. The van der Waals surface area contributed by atoms with Crippen molar-refractivity contribution < 1.29 is 37.0 Å². The molecule has 0 aliphatic carbocycles. The van der Waals surface area contributed by atoms with E-state index in [0.29, 0.717) is 17.7 Å². The van der Waals surface area contributed by atoms with Crippen LogP contribution in [0.2, 0.25) is 0 Å². The first kappa shape index (κ1) is 24.8. The number of pyridine rings is 1. The first-order chi connectivity index (χ1) is 16.1. The van der Waals surface area contributed by atoms with E-state index in [0.717, 1.165) is 23.5 Å². The van der Waals surface area contributed by atoms with E-state index in [1.165, 1.54) is 36.4 Å². The van der Waals surface area contributed by atoms with Crippen molar-refractivity contribution >= 4 is 29.4 Å². The molecular weight excluding hydrogens is 457 g/mol. The molecule has 0 radical (unpaired) electrons. The molecule has 0 bridgehead atoms. The van der Waals surface area contributed by atoms with Gasteiger partial charge in [-0.15, -0.1) is 13.2 Å². The predicted molar refractivity (Wildman–Crippen MR) is 115 cm³/mol. The van der Waals surface area contributed by atoms with Crippen molar-refractivity contribution in [1.82, 2.24) is 9.88 Å². The van der Waals surface area contributed by atoms with Gasteiger partial charge in [-0.25, -0.2) is 14.5 Å². The second-order valence-electron chi connectivity index (χ2n) is 7.45. The third-order valence-corrected chi connectivity index (χ3v) is 5.03. The predicted octanol–water partition coefficient (Wildman–Crippen LogP) is 4.69. The summed E-state index contributed by atoms with van der Waals surface area (Å²) < 4.78 is 46.0. The lowest BCUT2D eigenvalue weighted by molar-refractivity contribution is -0.274. The van der Waals surface area contributed by atoms with Crippen LogP contribution in [-0.4, -0.2) is 46.9 Å². The first-order valence-corrected chi connectivity index (χ1v) is 10.5. The van der Waals surface area contributed by atoms with Gasteiger partial charge in [-0.3, -0.25) is 15.1 Å². The Morgan fingerprint density at radius 2 is 1.88 bits per heavy atom. The second-order valence-corrected chi connectivity index (χ2v) is 7.45. The molecule has 9 nitrogen and oxygen atoms in total. The third-order valence-electron chi connectivity index (χ3n) is 5.03. The van der Waals surface area contributed by atoms with Crippen LogP contribution in [0.25, 0.3) is 0 Å². The molecular formula is C22H23F3N4O5. The molecule has 3 rings (SSSR count). The molecule has 1 aliphatic rings. The largest absolute Gasteiger partial charge is 0.573 e. The number of anilines is 2. The first-order valence-electron chi connectivity index (χ1n) is 10.5. The number of halogens is 3. The molecule has 182 valence electrons. The van der Waals surface area contributed by atoms with E-state index in [1.54, 1.807) is 6.07 Å². The van der Waals surface area contributed by atoms with Crippen molar-refractivity contribution in [2.24, 2.45) is 0 Å². The molecule has 0 saturated carbocycles. The Kier molecular flexibility index (Phi) is 7.59. The summed E-state index contributed by atoms with van der Waals surface area (Å²) in [6.07, 6.45) is -1.06. The number of nitrogens with zero attached hydrogens (tertiary/aromatic N) is 3. The van der Waals surface area contributed by atoms with E-state index in [4.69, 9.17) is 4.74 Å². The van der Waals surface area contributed by atoms with Gasteiger partial charge in [0.25, 0.3) is 5.91 Å². The Bertz CT molecular complexity index is 1050. The summed E-state index contributed by atoms with van der Waals surface area (Å²) in [5, 5.41) is 2.59. The van der Waals surface area contributed by atoms with Gasteiger partial charge in [-0.05, 0) is 49.2 Å². The number of aromatic nitrogens is 1. The minimum absolute atomic E-state index is 0.0232. The molecule has 1 atom stereocenters. The van der Waals surface area contributed by atoms with E-state index < -0.39 is 36.2 Å². The van der Waals surface area contributed by atoms with Crippen molar-refractivity contribution in [3.8, 4) is 5.75 Å². The van der Waals surface area contributed by atoms with Crippen LogP contribution in [0, 0.1) is 0 Å². The molecule has 0 spiro atoms. The molecule has 12 heteroatoms. The van der Waals surface area contributed by atoms with E-state index in [1.807, 2.05) is 6.92 Å². The van der Waals surface area contributed by atoms with Gasteiger partial charge in [0.05, 0.1) is 30.7 Å². The molecule has 1 aliphatic heterocycles. The van der Waals surface area contributed by atoms with Crippen LogP contribution in [-0.2, 0) is 16.1 Å². The van der Waals surface area contributed by atoms with E-state index in [-0.39, 0.29) is 18.8 Å². The van der Waals surface area contributed by atoms with Crippen molar-refractivity contribution in [3.63, 3.8) is 0 Å². The average Bonchev–Trinajstić information content (AvgIpc) is 2.98. The zero-order valence-electron chi connectivity index (χ0n) is 18.5. The van der Waals surface area contributed by atoms with Crippen molar-refractivity contribution in [2.75, 3.05) is 16.8 Å². The minimum Gasteiger partial charge on any atom is -0.449 e. The number of alkyl halides is 3. The Labute approximate surface area is 193 Å². The molecule has 1 aromatic heterocycles. The van der Waals surface area contributed by atoms with Crippen LogP contribution in [0.5, 0.6) is 5.75 Å². The Balaban J connectivity index is 1.74. The quantitative estimate of drug-likeness (QED) is 0.435. The Hall–Kier alpha value is -3.83. The molecule has 2 heterocycles. The molecule has 1 aromatic carbocycles. The lowest BCUT2D eigenvalue weighted by Gasteiger charge is -2.21. The number of hydrogen-bond donors (Lipinski definition) is 1. The summed E-state index contributed by atoms with van der Waals surface area (Å²) >= 11 is 0. The van der Waals surface area contributed by atoms with Crippen LogP contribution in [0.15, 0.2) is 42.7 Å². The number of hydrogen-bond acceptors (Lipinski definition) is 6. The number of nitrogens with one attached hydrogen (secondary N) is 1. The molecule has 2 aromatic rings. The van der Waals surface area contributed by atoms with E-state index in [2.05, 4.69) is 15.0 Å². The number of imide groups is 1. The van der Waals surface area contributed by atoms with Gasteiger partial charge < -0.3 is 14.4 Å². The van der Waals surface area contributed by atoms with Gasteiger partial charge in [-0.1, -0.05) is 13.3 Å². The number of ether oxygens (including phenoxy) is 2. The number of unbranched alkanes of at least 4 members (excludes halogenated alkanes) is 1. The monoisotopic (exact) mass is 480 g/mol. The second kappa shape index (κ2) is 10.4. The number of urea groups is 1. The highest BCUT2D eigenvalue weighted by atomic mass is 19.4. The zero-order valence-corrected chi connectivity index (χ0v) is 18.5. The highest BCUT2D eigenvalue weighted by molar-refractivity contribution is 6.21. The molecule has 4 amide bonds. The highest BCUT2D eigenvalue weighted by Gasteiger charge is 2.43. The topological polar surface area (TPSA) is 101 Å². The van der Waals surface area contributed by atoms with Crippen LogP contribution in [0.4, 0.5) is 34.1 Å². The van der Waals surface area contributed by atoms with Crippen LogP contribution in [0.3, 0.4) is 0 Å². The number of benzene rings is 1. The number of amides is 4. The third kappa shape index (κ3) is 5.94. The van der Waals surface area contributed by atoms with Crippen molar-refractivity contribution in [1.29, 1.82) is 0 Å². The molecule has 1 saturated heterocycles. The normalized spacial score (nSPS) is 16.1. The van der Waals surface area contributed by atoms with Gasteiger partial charge in [-0.2, -0.15) is 0 Å². The van der Waals surface area contributed by atoms with Crippen LogP contribution in [0.1, 0.15) is 32.3 Å². The number of carbonyl (C=O) groups is 3. The summed E-state index contributed by atoms with van der Waals surface area (Å²) in [6, 6.07) is 4.51.